The summed E-state index contributed by atoms with van der Waals surface area (Å²) in [4.78, 5) is 33.4. The lowest BCUT2D eigenvalue weighted by Crippen LogP contribution is -2.52. The number of aromatic nitrogens is 1. The molecule has 2 saturated carbocycles. The maximum absolute atomic E-state index is 16.1. The summed E-state index contributed by atoms with van der Waals surface area (Å²) >= 11 is 12.6. The number of Topliss-reactive ketones (excluding diaryl/α,β-unsaturated/α-hetero) is 1. The van der Waals surface area contributed by atoms with Crippen LogP contribution in [0.5, 0.6) is 0 Å². The van der Waals surface area contributed by atoms with Gasteiger partial charge in [0.25, 0.3) is 0 Å². The molecule has 1 saturated heterocycles. The van der Waals surface area contributed by atoms with E-state index in [1.807, 2.05) is 6.07 Å². The largest absolute Gasteiger partial charge is 0.394 e. The van der Waals surface area contributed by atoms with Gasteiger partial charge in [-0.15, -0.1) is 0 Å². The van der Waals surface area contributed by atoms with Gasteiger partial charge in [-0.25, -0.2) is 9.37 Å². The van der Waals surface area contributed by atoms with Gasteiger partial charge in [0.1, 0.15) is 28.7 Å². The molecule has 7 nitrogen and oxygen atoms in total. The van der Waals surface area contributed by atoms with Crippen molar-refractivity contribution >= 4 is 40.7 Å². The molecule has 2 aromatic rings. The summed E-state index contributed by atoms with van der Waals surface area (Å²) in [6.45, 7) is 4.37. The number of fused-ring (bicyclic) bond motifs is 3. The molecule has 42 heavy (non-hydrogen) atoms. The number of hydrogen-bond donors (Lipinski definition) is 3. The second kappa shape index (κ2) is 10.8. The molecule has 1 amide bonds. The van der Waals surface area contributed by atoms with E-state index in [0.717, 1.165) is 12.8 Å². The van der Waals surface area contributed by atoms with Crippen LogP contribution in [-0.4, -0.2) is 52.3 Å². The van der Waals surface area contributed by atoms with Gasteiger partial charge >= 0.3 is 0 Å². The van der Waals surface area contributed by atoms with Gasteiger partial charge in [-0.3, -0.25) is 9.59 Å². The predicted molar refractivity (Wildman–Crippen MR) is 157 cm³/mol. The van der Waals surface area contributed by atoms with Crippen LogP contribution >= 0.6 is 23.2 Å². The molecular weight excluding hydrogens is 582 g/mol. The average molecular weight is 620 g/mol. The van der Waals surface area contributed by atoms with Crippen LogP contribution in [0.2, 0.25) is 10.2 Å². The highest BCUT2D eigenvalue weighted by molar-refractivity contribution is 6.31. The van der Waals surface area contributed by atoms with E-state index >= 15 is 4.39 Å². The molecule has 6 rings (SSSR count). The van der Waals surface area contributed by atoms with Crippen molar-refractivity contribution in [2.45, 2.75) is 82.3 Å². The fraction of sp³-hybridized carbons (Fsp3) is 0.594. The Labute approximate surface area is 255 Å². The Hall–Kier alpha value is -2.10. The summed E-state index contributed by atoms with van der Waals surface area (Å²) in [6, 6.07) is 8.25. The molecule has 1 aromatic heterocycles. The fourth-order valence-electron chi connectivity index (χ4n) is 8.54. The smallest absolute Gasteiger partial charge is 0.237 e. The first-order chi connectivity index (χ1) is 19.9. The van der Waals surface area contributed by atoms with Gasteiger partial charge in [0.2, 0.25) is 5.91 Å². The molecule has 10 heteroatoms. The molecule has 2 aliphatic carbocycles. The maximum atomic E-state index is 16.1. The Morgan fingerprint density at radius 1 is 1.17 bits per heavy atom. The quantitative estimate of drug-likeness (QED) is 0.364. The standard InChI is InChI=1S/C32H37Cl2FN2O5/c1-30(2)8-10-31(11-9-30)14-19(22(39)12-17-13-23(40)24(15-38)42-16-17)26(18-4-3-5-21(33)27(18)35)32(31)20-6-7-25(34)36-28(20)37-29(32)41/h3-7,17,19,23-24,26,38,40H,8-16H2,1-2H3,(H,36,37,41)/t17-,19+,23+,24-,26+,32-/m1/s1. The number of aliphatic hydroxyl groups is 2. The summed E-state index contributed by atoms with van der Waals surface area (Å²) in [5.41, 5.74) is -0.913. The van der Waals surface area contributed by atoms with Crippen LogP contribution in [0, 0.1) is 28.5 Å². The minimum absolute atomic E-state index is 0.0636. The SMILES string of the molecule is CC1(C)CCC2(CC1)C[C@@H](C(=O)C[C@H]1CO[C@H](CO)[C@@H](O)C1)[C@H](c1cccc(Cl)c1F)[C@]21C(=O)Nc2nc(Cl)ccc21. The molecule has 2 spiro atoms. The van der Waals surface area contributed by atoms with Gasteiger partial charge in [0.15, 0.2) is 0 Å². The van der Waals surface area contributed by atoms with E-state index in [2.05, 4.69) is 24.1 Å². The van der Waals surface area contributed by atoms with Crippen LogP contribution in [0.1, 0.15) is 75.8 Å². The molecule has 3 heterocycles. The number of carbonyl (C=O) groups is 2. The number of halogens is 3. The third kappa shape index (κ3) is 4.60. The summed E-state index contributed by atoms with van der Waals surface area (Å²) in [5.74, 6) is -2.41. The molecule has 6 atom stereocenters. The van der Waals surface area contributed by atoms with Crippen LogP contribution in [0.3, 0.4) is 0 Å². The number of hydrogen-bond acceptors (Lipinski definition) is 6. The van der Waals surface area contributed by atoms with E-state index in [0.29, 0.717) is 37.1 Å². The topological polar surface area (TPSA) is 109 Å². The number of amides is 1. The van der Waals surface area contributed by atoms with Crippen LogP contribution in [0.25, 0.3) is 0 Å². The molecule has 1 aromatic carbocycles. The number of anilines is 1. The maximum Gasteiger partial charge on any atom is 0.237 e. The molecular formula is C32H37Cl2FN2O5. The highest BCUT2D eigenvalue weighted by atomic mass is 35.5. The minimum atomic E-state index is -1.26. The van der Waals surface area contributed by atoms with E-state index in [9.17, 15) is 19.8 Å². The molecule has 3 N–H and O–H groups in total. The lowest BCUT2D eigenvalue weighted by atomic mass is 9.51. The van der Waals surface area contributed by atoms with Crippen molar-refractivity contribution in [3.8, 4) is 0 Å². The first-order valence-electron chi connectivity index (χ1n) is 14.8. The van der Waals surface area contributed by atoms with Crippen LogP contribution in [0.15, 0.2) is 30.3 Å². The zero-order valence-electron chi connectivity index (χ0n) is 23.8. The van der Waals surface area contributed by atoms with Crippen LogP contribution in [0.4, 0.5) is 10.2 Å². The third-order valence-electron chi connectivity index (χ3n) is 10.7. The van der Waals surface area contributed by atoms with Crippen molar-refractivity contribution in [2.75, 3.05) is 18.5 Å². The van der Waals surface area contributed by atoms with Crippen molar-refractivity contribution in [3.63, 3.8) is 0 Å². The van der Waals surface area contributed by atoms with Crippen LogP contribution in [-0.2, 0) is 19.7 Å². The minimum Gasteiger partial charge on any atom is -0.394 e. The number of rotatable bonds is 5. The summed E-state index contributed by atoms with van der Waals surface area (Å²) in [6.07, 6.45) is 2.40. The number of pyridine rings is 1. The number of aliphatic hydroxyl groups excluding tert-OH is 2. The lowest BCUT2D eigenvalue weighted by Gasteiger charge is -2.50. The Bertz CT molecular complexity index is 1410. The Morgan fingerprint density at radius 3 is 2.60 bits per heavy atom. The monoisotopic (exact) mass is 618 g/mol. The molecule has 3 fully saturated rings. The number of nitrogens with one attached hydrogen (secondary N) is 1. The molecule has 0 unspecified atom stereocenters. The van der Waals surface area contributed by atoms with Gasteiger partial charge in [-0.1, -0.05) is 55.2 Å². The summed E-state index contributed by atoms with van der Waals surface area (Å²) in [5, 5.41) is 23.1. The van der Waals surface area contributed by atoms with E-state index in [4.69, 9.17) is 27.9 Å². The van der Waals surface area contributed by atoms with E-state index in [-0.39, 0.29) is 58.4 Å². The van der Waals surface area contributed by atoms with Gasteiger partial charge in [-0.05, 0) is 73.0 Å². The molecule has 2 aliphatic heterocycles. The predicted octanol–water partition coefficient (Wildman–Crippen LogP) is 5.83. The molecule has 4 aliphatic rings. The summed E-state index contributed by atoms with van der Waals surface area (Å²) in [7, 11) is 0. The van der Waals surface area contributed by atoms with Gasteiger partial charge in [0.05, 0.1) is 29.8 Å². The summed E-state index contributed by atoms with van der Waals surface area (Å²) < 4.78 is 21.7. The number of nitrogens with zero attached hydrogens (tertiary/aromatic N) is 1. The number of ketones is 1. The van der Waals surface area contributed by atoms with Gasteiger partial charge < -0.3 is 20.3 Å². The van der Waals surface area contributed by atoms with Crippen molar-refractivity contribution < 1.29 is 28.9 Å². The van der Waals surface area contributed by atoms with Crippen molar-refractivity contribution in [1.29, 1.82) is 0 Å². The second-order valence-corrected chi connectivity index (χ2v) is 14.4. The fourth-order valence-corrected chi connectivity index (χ4v) is 8.87. The molecule has 0 radical (unpaired) electrons. The second-order valence-electron chi connectivity index (χ2n) is 13.6. The van der Waals surface area contributed by atoms with E-state index < -0.39 is 40.7 Å². The van der Waals surface area contributed by atoms with Crippen LogP contribution < -0.4 is 5.32 Å². The molecule has 226 valence electrons. The highest BCUT2D eigenvalue weighted by Crippen LogP contribution is 2.72. The molecule has 0 bridgehead atoms. The Kier molecular flexibility index (Phi) is 7.71. The lowest BCUT2D eigenvalue weighted by molar-refractivity contribution is -0.134. The Morgan fingerprint density at radius 2 is 1.90 bits per heavy atom. The zero-order chi connectivity index (χ0) is 30.0. The van der Waals surface area contributed by atoms with E-state index in [1.165, 1.54) is 6.07 Å². The van der Waals surface area contributed by atoms with Gasteiger partial charge in [-0.2, -0.15) is 0 Å². The number of benzene rings is 1. The van der Waals surface area contributed by atoms with Gasteiger partial charge in [0, 0.05) is 23.8 Å². The number of ether oxygens (including phenoxy) is 1. The highest BCUT2D eigenvalue weighted by Gasteiger charge is 2.72. The van der Waals surface area contributed by atoms with Crippen molar-refractivity contribution in [3.05, 3.63) is 57.5 Å². The van der Waals surface area contributed by atoms with Crippen molar-refractivity contribution in [2.24, 2.45) is 22.7 Å². The normalized spacial score (nSPS) is 33.1. The third-order valence-corrected chi connectivity index (χ3v) is 11.2. The van der Waals surface area contributed by atoms with E-state index in [1.54, 1.807) is 18.2 Å². The number of carbonyl (C=O) groups excluding carboxylic acids is 2. The Balaban J connectivity index is 1.51. The average Bonchev–Trinajstić information content (AvgIpc) is 3.40. The zero-order valence-corrected chi connectivity index (χ0v) is 25.3. The first-order valence-corrected chi connectivity index (χ1v) is 15.5. The first kappa shape index (κ1) is 29.9. The van der Waals surface area contributed by atoms with Crippen molar-refractivity contribution in [1.82, 2.24) is 4.98 Å².